The summed E-state index contributed by atoms with van der Waals surface area (Å²) in [6, 6.07) is 6.36. The van der Waals surface area contributed by atoms with Crippen LogP contribution in [0.5, 0.6) is 0 Å². The largest absolute Gasteiger partial charge is 0.399 e. The molecule has 7 heteroatoms. The Labute approximate surface area is 117 Å². The molecule has 0 aliphatic rings. The fraction of sp³-hybridized carbons (Fsp3) is 0.385. The molecule has 110 valence electrons. The zero-order chi connectivity index (χ0) is 15.0. The van der Waals surface area contributed by atoms with Gasteiger partial charge in [-0.05, 0) is 24.3 Å². The van der Waals surface area contributed by atoms with Crippen molar-refractivity contribution in [2.24, 2.45) is 0 Å². The molecule has 2 amide bonds. The third kappa shape index (κ3) is 5.68. The number of anilines is 1. The Morgan fingerprint density at radius 3 is 2.55 bits per heavy atom. The molecule has 1 atom stereocenters. The molecular formula is C13H19N3O4. The predicted molar refractivity (Wildman–Crippen MR) is 74.1 cm³/mol. The molecule has 0 radical (unpaired) electrons. The number of benzene rings is 1. The minimum absolute atomic E-state index is 0.0738. The number of hydrogen-bond acceptors (Lipinski definition) is 5. The lowest BCUT2D eigenvalue weighted by Crippen LogP contribution is -2.40. The van der Waals surface area contributed by atoms with E-state index in [1.807, 2.05) is 0 Å². The van der Waals surface area contributed by atoms with Crippen LogP contribution < -0.4 is 16.4 Å². The van der Waals surface area contributed by atoms with Gasteiger partial charge in [-0.25, -0.2) is 0 Å². The lowest BCUT2D eigenvalue weighted by atomic mass is 10.2. The van der Waals surface area contributed by atoms with Crippen LogP contribution in [0.4, 0.5) is 5.69 Å². The van der Waals surface area contributed by atoms with Crippen molar-refractivity contribution in [1.82, 2.24) is 10.6 Å². The summed E-state index contributed by atoms with van der Waals surface area (Å²) < 4.78 is 4.72. The van der Waals surface area contributed by atoms with Crippen molar-refractivity contribution < 1.29 is 19.4 Å². The third-order valence-corrected chi connectivity index (χ3v) is 2.48. The van der Waals surface area contributed by atoms with Gasteiger partial charge in [0.05, 0.1) is 19.3 Å². The van der Waals surface area contributed by atoms with E-state index in [0.717, 1.165) is 0 Å². The monoisotopic (exact) mass is 281 g/mol. The van der Waals surface area contributed by atoms with E-state index < -0.39 is 6.10 Å². The molecule has 1 aromatic carbocycles. The van der Waals surface area contributed by atoms with Gasteiger partial charge in [-0.3, -0.25) is 9.59 Å². The summed E-state index contributed by atoms with van der Waals surface area (Å²) in [5.74, 6) is -0.749. The van der Waals surface area contributed by atoms with Crippen LogP contribution in [-0.2, 0) is 9.53 Å². The van der Waals surface area contributed by atoms with E-state index in [0.29, 0.717) is 11.3 Å². The van der Waals surface area contributed by atoms with Crippen molar-refractivity contribution >= 4 is 17.5 Å². The second-order valence-corrected chi connectivity index (χ2v) is 4.22. The molecular weight excluding hydrogens is 262 g/mol. The quantitative estimate of drug-likeness (QED) is 0.485. The standard InChI is InChI=1S/C13H19N3O4/c1-20-8-11(17)6-15-12(18)7-16-13(19)9-2-4-10(14)5-3-9/h2-5,11,17H,6-8,14H2,1H3,(H,15,18)(H,16,19). The molecule has 0 saturated heterocycles. The highest BCUT2D eigenvalue weighted by atomic mass is 16.5. The normalized spacial score (nSPS) is 11.7. The van der Waals surface area contributed by atoms with Crippen molar-refractivity contribution in [3.63, 3.8) is 0 Å². The predicted octanol–water partition coefficient (Wildman–Crippen LogP) is -0.878. The van der Waals surface area contributed by atoms with E-state index >= 15 is 0 Å². The molecule has 0 heterocycles. The van der Waals surface area contributed by atoms with Gasteiger partial charge in [0.2, 0.25) is 5.91 Å². The van der Waals surface area contributed by atoms with Crippen molar-refractivity contribution in [1.29, 1.82) is 0 Å². The Morgan fingerprint density at radius 2 is 1.95 bits per heavy atom. The highest BCUT2D eigenvalue weighted by Crippen LogP contribution is 2.04. The first kappa shape index (κ1) is 15.9. The van der Waals surface area contributed by atoms with E-state index in [9.17, 15) is 14.7 Å². The first-order valence-corrected chi connectivity index (χ1v) is 6.10. The minimum atomic E-state index is -0.767. The Morgan fingerprint density at radius 1 is 1.30 bits per heavy atom. The highest BCUT2D eigenvalue weighted by molar-refractivity contribution is 5.96. The summed E-state index contributed by atoms with van der Waals surface area (Å²) >= 11 is 0. The Hall–Kier alpha value is -2.12. The molecule has 0 fully saturated rings. The number of aliphatic hydroxyl groups excluding tert-OH is 1. The Bertz CT molecular complexity index is 447. The van der Waals surface area contributed by atoms with Gasteiger partial charge < -0.3 is 26.2 Å². The molecule has 0 aliphatic carbocycles. The summed E-state index contributed by atoms with van der Waals surface area (Å²) in [4.78, 5) is 23.1. The topological polar surface area (TPSA) is 114 Å². The van der Waals surface area contributed by atoms with Crippen molar-refractivity contribution in [3.05, 3.63) is 29.8 Å². The van der Waals surface area contributed by atoms with Gasteiger partial charge in [0.15, 0.2) is 0 Å². The molecule has 0 spiro atoms. The first-order valence-electron chi connectivity index (χ1n) is 6.10. The number of methoxy groups -OCH3 is 1. The number of hydrogen-bond donors (Lipinski definition) is 4. The third-order valence-electron chi connectivity index (χ3n) is 2.48. The number of rotatable bonds is 7. The molecule has 1 rings (SSSR count). The van der Waals surface area contributed by atoms with E-state index in [2.05, 4.69) is 10.6 Å². The van der Waals surface area contributed by atoms with Crippen LogP contribution >= 0.6 is 0 Å². The number of ether oxygens (including phenoxy) is 1. The van der Waals surface area contributed by atoms with E-state index in [4.69, 9.17) is 10.5 Å². The van der Waals surface area contributed by atoms with E-state index in [1.165, 1.54) is 7.11 Å². The van der Waals surface area contributed by atoms with Gasteiger partial charge in [0.25, 0.3) is 5.91 Å². The fourth-order valence-corrected chi connectivity index (χ4v) is 1.44. The van der Waals surface area contributed by atoms with Crippen molar-refractivity contribution in [2.75, 3.05) is 32.5 Å². The van der Waals surface area contributed by atoms with Crippen molar-refractivity contribution in [3.8, 4) is 0 Å². The molecule has 5 N–H and O–H groups in total. The zero-order valence-electron chi connectivity index (χ0n) is 11.3. The molecule has 0 bridgehead atoms. The minimum Gasteiger partial charge on any atom is -0.399 e. The number of amides is 2. The van der Waals surface area contributed by atoms with Crippen LogP contribution in [0.15, 0.2) is 24.3 Å². The van der Waals surface area contributed by atoms with Crippen LogP contribution in [0.2, 0.25) is 0 Å². The molecule has 7 nitrogen and oxygen atoms in total. The summed E-state index contributed by atoms with van der Waals surface area (Å²) in [6.45, 7) is 0.0470. The van der Waals surface area contributed by atoms with Gasteiger partial charge in [-0.15, -0.1) is 0 Å². The van der Waals surface area contributed by atoms with Crippen LogP contribution in [-0.4, -0.2) is 49.8 Å². The number of carbonyl (C=O) groups is 2. The lowest BCUT2D eigenvalue weighted by molar-refractivity contribution is -0.120. The zero-order valence-corrected chi connectivity index (χ0v) is 11.3. The van der Waals surface area contributed by atoms with Gasteiger partial charge in [0, 0.05) is 24.9 Å². The maximum absolute atomic E-state index is 11.7. The molecule has 0 saturated carbocycles. The van der Waals surface area contributed by atoms with Gasteiger partial charge in [0.1, 0.15) is 0 Å². The highest BCUT2D eigenvalue weighted by Gasteiger charge is 2.09. The molecule has 0 aromatic heterocycles. The van der Waals surface area contributed by atoms with Crippen LogP contribution in [0, 0.1) is 0 Å². The number of nitrogens with two attached hydrogens (primary N) is 1. The smallest absolute Gasteiger partial charge is 0.251 e. The van der Waals surface area contributed by atoms with Gasteiger partial charge in [-0.1, -0.05) is 0 Å². The molecule has 20 heavy (non-hydrogen) atoms. The summed E-state index contributed by atoms with van der Waals surface area (Å²) in [5, 5.41) is 14.3. The Kier molecular flexibility index (Phi) is 6.48. The number of carbonyl (C=O) groups excluding carboxylic acids is 2. The number of nitrogens with one attached hydrogen (secondary N) is 2. The van der Waals surface area contributed by atoms with E-state index in [1.54, 1.807) is 24.3 Å². The maximum atomic E-state index is 11.7. The average molecular weight is 281 g/mol. The summed E-state index contributed by atoms with van der Waals surface area (Å²) in [5.41, 5.74) is 6.50. The Balaban J connectivity index is 2.30. The van der Waals surface area contributed by atoms with Gasteiger partial charge >= 0.3 is 0 Å². The van der Waals surface area contributed by atoms with Crippen molar-refractivity contribution in [2.45, 2.75) is 6.10 Å². The lowest BCUT2D eigenvalue weighted by Gasteiger charge is -2.11. The van der Waals surface area contributed by atoms with Crippen LogP contribution in [0.1, 0.15) is 10.4 Å². The number of nitrogen functional groups attached to an aromatic ring is 1. The summed E-state index contributed by atoms with van der Waals surface area (Å²) in [7, 11) is 1.46. The average Bonchev–Trinajstić information content (AvgIpc) is 2.43. The molecule has 1 aromatic rings. The van der Waals surface area contributed by atoms with E-state index in [-0.39, 0.29) is 31.5 Å². The maximum Gasteiger partial charge on any atom is 0.251 e. The second kappa shape index (κ2) is 8.13. The first-order chi connectivity index (χ1) is 9.52. The summed E-state index contributed by atoms with van der Waals surface area (Å²) in [6.07, 6.45) is -0.767. The number of aliphatic hydroxyl groups is 1. The fourth-order valence-electron chi connectivity index (χ4n) is 1.44. The van der Waals surface area contributed by atoms with Crippen LogP contribution in [0.3, 0.4) is 0 Å². The SMILES string of the molecule is COCC(O)CNC(=O)CNC(=O)c1ccc(N)cc1. The van der Waals surface area contributed by atoms with Gasteiger partial charge in [-0.2, -0.15) is 0 Å². The molecule has 1 unspecified atom stereocenters. The molecule has 0 aliphatic heterocycles. The van der Waals surface area contributed by atoms with Crippen LogP contribution in [0.25, 0.3) is 0 Å². The second-order valence-electron chi connectivity index (χ2n) is 4.22.